The Kier molecular flexibility index (Phi) is 6.06. The van der Waals surface area contributed by atoms with E-state index in [0.717, 1.165) is 29.7 Å². The molecule has 3 aromatic rings. The summed E-state index contributed by atoms with van der Waals surface area (Å²) < 4.78 is 5.30. The first kappa shape index (κ1) is 19.4. The molecule has 2 heterocycles. The molecule has 5 heteroatoms. The van der Waals surface area contributed by atoms with Gasteiger partial charge in [0.05, 0.1) is 24.2 Å². The summed E-state index contributed by atoms with van der Waals surface area (Å²) >= 11 is 0. The molecule has 4 rings (SSSR count). The van der Waals surface area contributed by atoms with Gasteiger partial charge in [-0.2, -0.15) is 0 Å². The molecule has 0 saturated carbocycles. The van der Waals surface area contributed by atoms with Gasteiger partial charge in [0.1, 0.15) is 5.75 Å². The maximum absolute atomic E-state index is 13.0. The lowest BCUT2D eigenvalue weighted by molar-refractivity contribution is 0.0926. The second-order valence-corrected chi connectivity index (χ2v) is 7.48. The van der Waals surface area contributed by atoms with Crippen molar-refractivity contribution in [1.29, 1.82) is 0 Å². The van der Waals surface area contributed by atoms with E-state index < -0.39 is 0 Å². The van der Waals surface area contributed by atoms with Gasteiger partial charge in [-0.1, -0.05) is 36.8 Å². The van der Waals surface area contributed by atoms with Crippen molar-refractivity contribution in [3.05, 3.63) is 71.9 Å². The van der Waals surface area contributed by atoms with Crippen LogP contribution in [0.1, 0.15) is 41.2 Å². The van der Waals surface area contributed by atoms with E-state index in [-0.39, 0.29) is 11.9 Å². The van der Waals surface area contributed by atoms with E-state index in [4.69, 9.17) is 4.74 Å². The summed E-state index contributed by atoms with van der Waals surface area (Å²) in [7, 11) is 1.68. The molecular formula is C24H27N3O2. The van der Waals surface area contributed by atoms with E-state index in [1.807, 2.05) is 42.5 Å². The van der Waals surface area contributed by atoms with E-state index in [9.17, 15) is 4.79 Å². The molecule has 29 heavy (non-hydrogen) atoms. The quantitative estimate of drug-likeness (QED) is 0.686. The molecule has 1 N–H and O–H groups in total. The van der Waals surface area contributed by atoms with Gasteiger partial charge >= 0.3 is 0 Å². The van der Waals surface area contributed by atoms with Crippen LogP contribution in [0.3, 0.4) is 0 Å². The van der Waals surface area contributed by atoms with Gasteiger partial charge in [0, 0.05) is 18.1 Å². The van der Waals surface area contributed by atoms with E-state index in [0.29, 0.717) is 12.1 Å². The van der Waals surface area contributed by atoms with E-state index in [1.54, 1.807) is 13.3 Å². The van der Waals surface area contributed by atoms with Crippen molar-refractivity contribution in [3.63, 3.8) is 0 Å². The number of nitrogens with zero attached hydrogens (tertiary/aromatic N) is 2. The van der Waals surface area contributed by atoms with Gasteiger partial charge in [0.15, 0.2) is 0 Å². The molecule has 0 unspecified atom stereocenters. The molecule has 0 radical (unpaired) electrons. The Labute approximate surface area is 171 Å². The Bertz CT molecular complexity index is 960. The number of likely N-dealkylation sites (tertiary alicyclic amines) is 1. The Morgan fingerprint density at radius 3 is 2.59 bits per heavy atom. The Balaban J connectivity index is 1.54. The van der Waals surface area contributed by atoms with Gasteiger partial charge in [-0.3, -0.25) is 14.7 Å². The number of para-hydroxylation sites is 1. The van der Waals surface area contributed by atoms with Gasteiger partial charge in [0.2, 0.25) is 0 Å². The molecule has 0 aliphatic carbocycles. The maximum Gasteiger partial charge on any atom is 0.253 e. The molecule has 1 fully saturated rings. The maximum atomic E-state index is 13.0. The topological polar surface area (TPSA) is 54.5 Å². The number of ether oxygens (including phenoxy) is 1. The number of hydrogen-bond donors (Lipinski definition) is 1. The third-order valence-electron chi connectivity index (χ3n) is 5.67. The number of methoxy groups -OCH3 is 1. The van der Waals surface area contributed by atoms with Crippen LogP contribution in [0.5, 0.6) is 5.75 Å². The summed E-state index contributed by atoms with van der Waals surface area (Å²) in [6.07, 6.45) is 5.41. The molecule has 1 aromatic heterocycles. The highest BCUT2D eigenvalue weighted by atomic mass is 16.5. The van der Waals surface area contributed by atoms with E-state index >= 15 is 0 Å². The van der Waals surface area contributed by atoms with Gasteiger partial charge < -0.3 is 10.1 Å². The number of pyridine rings is 1. The van der Waals surface area contributed by atoms with Crippen molar-refractivity contribution in [1.82, 2.24) is 15.2 Å². The molecule has 5 nitrogen and oxygen atoms in total. The molecule has 150 valence electrons. The summed E-state index contributed by atoms with van der Waals surface area (Å²) in [5.41, 5.74) is 2.56. The van der Waals surface area contributed by atoms with Crippen molar-refractivity contribution in [2.24, 2.45) is 0 Å². The van der Waals surface area contributed by atoms with Crippen LogP contribution in [-0.2, 0) is 0 Å². The number of hydrogen-bond acceptors (Lipinski definition) is 4. The molecule has 0 spiro atoms. The highest BCUT2D eigenvalue weighted by molar-refractivity contribution is 6.05. The van der Waals surface area contributed by atoms with Crippen LogP contribution < -0.4 is 10.1 Å². The number of fused-ring (bicyclic) bond motifs is 1. The predicted octanol–water partition coefficient (Wildman–Crippen LogP) is 4.20. The number of benzene rings is 2. The van der Waals surface area contributed by atoms with Gasteiger partial charge in [-0.05, 0) is 55.8 Å². The zero-order valence-corrected chi connectivity index (χ0v) is 16.8. The predicted molar refractivity (Wildman–Crippen MR) is 115 cm³/mol. The zero-order chi connectivity index (χ0) is 20.1. The second-order valence-electron chi connectivity index (χ2n) is 7.48. The standard InChI is InChI=1S/C24H27N3O2/c1-29-20-12-10-18(11-13-20)22(27-15-3-2-4-16-27)17-26-24(28)21-9-5-7-19-8-6-14-25-23(19)21/h5-14,22H,2-4,15-17H2,1H3,(H,26,28)/t22-/m0/s1. The van der Waals surface area contributed by atoms with Crippen LogP contribution in [0.15, 0.2) is 60.8 Å². The fourth-order valence-corrected chi connectivity index (χ4v) is 4.09. The van der Waals surface area contributed by atoms with Crippen LogP contribution in [0.2, 0.25) is 0 Å². The smallest absolute Gasteiger partial charge is 0.253 e. The molecular weight excluding hydrogens is 362 g/mol. The minimum atomic E-state index is -0.0789. The van der Waals surface area contributed by atoms with E-state index in [1.165, 1.54) is 24.8 Å². The SMILES string of the molecule is COc1ccc([C@H](CNC(=O)c2cccc3cccnc23)N2CCCCC2)cc1. The lowest BCUT2D eigenvalue weighted by atomic mass is 10.0. The van der Waals surface area contributed by atoms with Crippen LogP contribution in [0.25, 0.3) is 10.9 Å². The monoisotopic (exact) mass is 389 g/mol. The minimum absolute atomic E-state index is 0.0789. The first-order valence-corrected chi connectivity index (χ1v) is 10.3. The number of nitrogens with one attached hydrogen (secondary N) is 1. The molecule has 0 bridgehead atoms. The summed E-state index contributed by atoms with van der Waals surface area (Å²) in [5, 5.41) is 4.14. The Hall–Kier alpha value is -2.92. The van der Waals surface area contributed by atoms with Crippen molar-refractivity contribution in [2.75, 3.05) is 26.7 Å². The highest BCUT2D eigenvalue weighted by Crippen LogP contribution is 2.26. The summed E-state index contributed by atoms with van der Waals surface area (Å²) in [6, 6.07) is 17.9. The largest absolute Gasteiger partial charge is 0.497 e. The second kappa shape index (κ2) is 9.05. The van der Waals surface area contributed by atoms with E-state index in [2.05, 4.69) is 27.3 Å². The number of amides is 1. The lowest BCUT2D eigenvalue weighted by Gasteiger charge is -2.35. The zero-order valence-electron chi connectivity index (χ0n) is 16.8. The molecule has 1 saturated heterocycles. The first-order chi connectivity index (χ1) is 14.3. The van der Waals surface area contributed by atoms with Crippen molar-refractivity contribution in [3.8, 4) is 5.75 Å². The van der Waals surface area contributed by atoms with Gasteiger partial charge in [-0.25, -0.2) is 0 Å². The first-order valence-electron chi connectivity index (χ1n) is 10.3. The lowest BCUT2D eigenvalue weighted by Crippen LogP contribution is -2.40. The molecule has 1 aliphatic rings. The van der Waals surface area contributed by atoms with Gasteiger partial charge in [0.25, 0.3) is 5.91 Å². The van der Waals surface area contributed by atoms with Crippen LogP contribution in [0.4, 0.5) is 0 Å². The number of carbonyl (C=O) groups is 1. The fourth-order valence-electron chi connectivity index (χ4n) is 4.09. The minimum Gasteiger partial charge on any atom is -0.497 e. The normalized spacial score (nSPS) is 15.8. The molecule has 2 aromatic carbocycles. The van der Waals surface area contributed by atoms with Crippen molar-refractivity contribution < 1.29 is 9.53 Å². The third-order valence-corrected chi connectivity index (χ3v) is 5.67. The number of piperidine rings is 1. The molecule has 1 atom stereocenters. The summed E-state index contributed by atoms with van der Waals surface area (Å²) in [5.74, 6) is 0.766. The highest BCUT2D eigenvalue weighted by Gasteiger charge is 2.23. The molecule has 1 amide bonds. The van der Waals surface area contributed by atoms with Gasteiger partial charge in [-0.15, -0.1) is 0 Å². The van der Waals surface area contributed by atoms with Crippen molar-refractivity contribution >= 4 is 16.8 Å². The summed E-state index contributed by atoms with van der Waals surface area (Å²) in [6.45, 7) is 2.68. The van der Waals surface area contributed by atoms with Crippen LogP contribution in [0, 0.1) is 0 Å². The average molecular weight is 389 g/mol. The number of aromatic nitrogens is 1. The Morgan fingerprint density at radius 2 is 1.83 bits per heavy atom. The summed E-state index contributed by atoms with van der Waals surface area (Å²) in [4.78, 5) is 19.9. The molecule has 1 aliphatic heterocycles. The number of carbonyl (C=O) groups excluding carboxylic acids is 1. The Morgan fingerprint density at radius 1 is 1.07 bits per heavy atom. The van der Waals surface area contributed by atoms with Crippen molar-refractivity contribution in [2.45, 2.75) is 25.3 Å². The fraction of sp³-hybridized carbons (Fsp3) is 0.333. The average Bonchev–Trinajstić information content (AvgIpc) is 2.80. The van der Waals surface area contributed by atoms with Crippen LogP contribution in [-0.4, -0.2) is 42.5 Å². The number of rotatable bonds is 6. The van der Waals surface area contributed by atoms with Crippen LogP contribution >= 0.6 is 0 Å². The third kappa shape index (κ3) is 4.40.